The Morgan fingerprint density at radius 2 is 1.95 bits per heavy atom. The van der Waals surface area contributed by atoms with E-state index in [0.717, 1.165) is 5.56 Å². The molecule has 0 fully saturated rings. The van der Waals surface area contributed by atoms with Crippen LogP contribution in [0, 0.1) is 6.92 Å². The molecule has 0 unspecified atom stereocenters. The third kappa shape index (κ3) is 3.07. The number of aryl methyl sites for hydroxylation is 1. The van der Waals surface area contributed by atoms with E-state index >= 15 is 0 Å². The summed E-state index contributed by atoms with van der Waals surface area (Å²) in [5.41, 5.74) is 1.70. The average Bonchev–Trinajstić information content (AvgIpc) is 2.39. The van der Waals surface area contributed by atoms with Gasteiger partial charge in [-0.15, -0.1) is 0 Å². The summed E-state index contributed by atoms with van der Waals surface area (Å²) in [6, 6.07) is 4.59. The second-order valence-corrected chi connectivity index (χ2v) is 5.66. The van der Waals surface area contributed by atoms with E-state index in [0.29, 0.717) is 5.56 Å². The van der Waals surface area contributed by atoms with Crippen molar-refractivity contribution in [2.75, 3.05) is 4.72 Å². The third-order valence-electron chi connectivity index (χ3n) is 2.61. The van der Waals surface area contributed by atoms with E-state index in [4.69, 9.17) is 5.11 Å². The number of rotatable bonds is 4. The van der Waals surface area contributed by atoms with Gasteiger partial charge in [0.25, 0.3) is 10.0 Å². The van der Waals surface area contributed by atoms with Crippen molar-refractivity contribution in [1.29, 1.82) is 0 Å². The number of sulfonamides is 1. The van der Waals surface area contributed by atoms with Gasteiger partial charge in [0.15, 0.2) is 0 Å². The highest BCUT2D eigenvalue weighted by molar-refractivity contribution is 7.92. The van der Waals surface area contributed by atoms with Gasteiger partial charge in [0, 0.05) is 0 Å². The molecule has 0 saturated carbocycles. The minimum absolute atomic E-state index is 0.0889. The Morgan fingerprint density at radius 1 is 1.26 bits per heavy atom. The Bertz CT molecular complexity index is 672. The number of hydrogen-bond donors (Lipinski definition) is 2. The van der Waals surface area contributed by atoms with Crippen LogP contribution in [0.1, 0.15) is 11.1 Å². The van der Waals surface area contributed by atoms with Gasteiger partial charge >= 0.3 is 0 Å². The molecule has 0 radical (unpaired) electrons. The molecule has 0 aliphatic heterocycles. The highest BCUT2D eigenvalue weighted by Crippen LogP contribution is 2.18. The van der Waals surface area contributed by atoms with Gasteiger partial charge in [-0.3, -0.25) is 4.72 Å². The number of anilines is 1. The molecule has 7 heteroatoms. The number of hydrogen-bond acceptors (Lipinski definition) is 5. The molecule has 19 heavy (non-hydrogen) atoms. The first kappa shape index (κ1) is 13.4. The van der Waals surface area contributed by atoms with Crippen LogP contribution < -0.4 is 4.72 Å². The predicted molar refractivity (Wildman–Crippen MR) is 69.9 cm³/mol. The van der Waals surface area contributed by atoms with Gasteiger partial charge in [0.1, 0.15) is 6.33 Å². The van der Waals surface area contributed by atoms with Crippen LogP contribution in [0.3, 0.4) is 0 Å². The van der Waals surface area contributed by atoms with Crippen molar-refractivity contribution in [3.8, 4) is 0 Å². The van der Waals surface area contributed by atoms with Gasteiger partial charge in [-0.05, 0) is 30.2 Å². The Kier molecular flexibility index (Phi) is 3.77. The Balaban J connectivity index is 2.35. The van der Waals surface area contributed by atoms with Crippen LogP contribution >= 0.6 is 0 Å². The van der Waals surface area contributed by atoms with E-state index < -0.39 is 10.0 Å². The number of nitrogens with zero attached hydrogens (tertiary/aromatic N) is 2. The molecule has 2 aromatic rings. The summed E-state index contributed by atoms with van der Waals surface area (Å²) >= 11 is 0. The summed E-state index contributed by atoms with van der Waals surface area (Å²) in [7, 11) is -3.70. The summed E-state index contributed by atoms with van der Waals surface area (Å²) < 4.78 is 26.6. The summed E-state index contributed by atoms with van der Waals surface area (Å²) in [5.74, 6) is 0. The molecule has 0 saturated heterocycles. The zero-order valence-corrected chi connectivity index (χ0v) is 11.1. The summed E-state index contributed by atoms with van der Waals surface area (Å²) in [6.45, 7) is 1.60. The third-order valence-corrected chi connectivity index (χ3v) is 3.99. The van der Waals surface area contributed by atoms with Crippen molar-refractivity contribution in [3.05, 3.63) is 48.0 Å². The normalized spacial score (nSPS) is 11.3. The van der Waals surface area contributed by atoms with E-state index in [1.807, 2.05) is 0 Å². The lowest BCUT2D eigenvalue weighted by molar-refractivity contribution is 0.281. The van der Waals surface area contributed by atoms with Gasteiger partial charge < -0.3 is 5.11 Å². The molecule has 1 heterocycles. The highest BCUT2D eigenvalue weighted by atomic mass is 32.2. The number of aliphatic hydroxyl groups is 1. The lowest BCUT2D eigenvalue weighted by Crippen LogP contribution is -2.13. The molecule has 1 aromatic carbocycles. The topological polar surface area (TPSA) is 92.2 Å². The van der Waals surface area contributed by atoms with Gasteiger partial charge in [-0.2, -0.15) is 0 Å². The molecule has 0 spiro atoms. The average molecular weight is 279 g/mol. The number of aliphatic hydroxyl groups excluding tert-OH is 1. The Morgan fingerprint density at radius 3 is 2.58 bits per heavy atom. The summed E-state index contributed by atoms with van der Waals surface area (Å²) in [6.07, 6.45) is 4.05. The van der Waals surface area contributed by atoms with Crippen molar-refractivity contribution < 1.29 is 13.5 Å². The van der Waals surface area contributed by atoms with E-state index in [1.54, 1.807) is 13.0 Å². The van der Waals surface area contributed by atoms with Crippen molar-refractivity contribution >= 4 is 15.7 Å². The molecular formula is C12H13N3O3S. The van der Waals surface area contributed by atoms with E-state index in [2.05, 4.69) is 14.7 Å². The van der Waals surface area contributed by atoms with Crippen molar-refractivity contribution in [2.24, 2.45) is 0 Å². The molecule has 0 aliphatic carbocycles. The van der Waals surface area contributed by atoms with Crippen LogP contribution in [-0.4, -0.2) is 23.5 Å². The Hall–Kier alpha value is -1.99. The maximum atomic E-state index is 12.1. The monoisotopic (exact) mass is 279 g/mol. The Labute approximate surface area is 111 Å². The van der Waals surface area contributed by atoms with Crippen LogP contribution in [-0.2, 0) is 16.6 Å². The summed E-state index contributed by atoms with van der Waals surface area (Å²) in [4.78, 5) is 7.55. The molecule has 0 atom stereocenters. The molecule has 0 amide bonds. The first-order chi connectivity index (χ1) is 9.03. The molecule has 2 N–H and O–H groups in total. The zero-order chi connectivity index (χ0) is 13.9. The zero-order valence-electron chi connectivity index (χ0n) is 10.2. The molecule has 0 aliphatic rings. The fourth-order valence-electron chi connectivity index (χ4n) is 1.55. The smallest absolute Gasteiger partial charge is 0.262 e. The number of nitrogens with one attached hydrogen (secondary N) is 1. The fraction of sp³-hybridized carbons (Fsp3) is 0.167. The molecule has 6 nitrogen and oxygen atoms in total. The minimum Gasteiger partial charge on any atom is -0.392 e. The lowest BCUT2D eigenvalue weighted by atomic mass is 10.1. The largest absolute Gasteiger partial charge is 0.392 e. The first-order valence-electron chi connectivity index (χ1n) is 5.51. The predicted octanol–water partition coefficient (Wildman–Crippen LogP) is 1.08. The van der Waals surface area contributed by atoms with E-state index in [-0.39, 0.29) is 17.2 Å². The maximum absolute atomic E-state index is 12.1. The number of aromatic nitrogens is 2. The standard InChI is InChI=1S/C12H13N3O3S/c1-9-2-3-12(4-10(9)7-16)19(17,18)15-11-5-13-8-14-6-11/h2-6,8,15-16H,7H2,1H3. The summed E-state index contributed by atoms with van der Waals surface area (Å²) in [5, 5.41) is 9.16. The van der Waals surface area contributed by atoms with Crippen LogP contribution in [0.25, 0.3) is 0 Å². The van der Waals surface area contributed by atoms with E-state index in [9.17, 15) is 8.42 Å². The van der Waals surface area contributed by atoms with Gasteiger partial charge in [0.2, 0.25) is 0 Å². The lowest BCUT2D eigenvalue weighted by Gasteiger charge is -2.09. The van der Waals surface area contributed by atoms with Crippen molar-refractivity contribution in [1.82, 2.24) is 9.97 Å². The second-order valence-electron chi connectivity index (χ2n) is 3.98. The van der Waals surface area contributed by atoms with Gasteiger partial charge in [-0.1, -0.05) is 6.07 Å². The van der Waals surface area contributed by atoms with Crippen LogP contribution in [0.4, 0.5) is 5.69 Å². The quantitative estimate of drug-likeness (QED) is 0.873. The highest BCUT2D eigenvalue weighted by Gasteiger charge is 2.15. The van der Waals surface area contributed by atoms with Crippen LogP contribution in [0.5, 0.6) is 0 Å². The molecule has 1 aromatic heterocycles. The molecule has 100 valence electrons. The van der Waals surface area contributed by atoms with Crippen molar-refractivity contribution in [3.63, 3.8) is 0 Å². The minimum atomic E-state index is -3.70. The van der Waals surface area contributed by atoms with Crippen LogP contribution in [0.2, 0.25) is 0 Å². The second kappa shape index (κ2) is 5.33. The van der Waals surface area contributed by atoms with Gasteiger partial charge in [0.05, 0.1) is 29.6 Å². The SMILES string of the molecule is Cc1ccc(S(=O)(=O)Nc2cncnc2)cc1CO. The van der Waals surface area contributed by atoms with Crippen LogP contribution in [0.15, 0.2) is 41.8 Å². The maximum Gasteiger partial charge on any atom is 0.262 e. The van der Waals surface area contributed by atoms with E-state index in [1.165, 1.54) is 30.9 Å². The van der Waals surface area contributed by atoms with Crippen molar-refractivity contribution in [2.45, 2.75) is 18.4 Å². The fourth-order valence-corrected chi connectivity index (χ4v) is 2.63. The van der Waals surface area contributed by atoms with Gasteiger partial charge in [-0.25, -0.2) is 18.4 Å². The molecule has 0 bridgehead atoms. The number of benzene rings is 1. The molecule has 2 rings (SSSR count). The first-order valence-corrected chi connectivity index (χ1v) is 6.99. The molecular weight excluding hydrogens is 266 g/mol.